The summed E-state index contributed by atoms with van der Waals surface area (Å²) in [4.78, 5) is 2.42. The molecule has 2 aliphatic rings. The van der Waals surface area contributed by atoms with Crippen molar-refractivity contribution in [1.82, 2.24) is 0 Å². The first kappa shape index (κ1) is 23.5. The number of anilines is 3. The quantitative estimate of drug-likeness (QED) is 0.209. The van der Waals surface area contributed by atoms with Crippen LogP contribution in [-0.2, 0) is 10.8 Å². The lowest BCUT2D eigenvalue weighted by Gasteiger charge is -2.42. The minimum absolute atomic E-state index is 0.0407. The summed E-state index contributed by atoms with van der Waals surface area (Å²) >= 11 is 3.69. The highest BCUT2D eigenvalue weighted by Crippen LogP contribution is 2.53. The molecule has 38 heavy (non-hydrogen) atoms. The first-order valence-electron chi connectivity index (χ1n) is 13.3. The molecule has 0 aromatic heterocycles. The van der Waals surface area contributed by atoms with Crippen LogP contribution >= 0.6 is 15.9 Å². The van der Waals surface area contributed by atoms with Crippen LogP contribution in [0, 0.1) is 0 Å². The molecule has 0 amide bonds. The summed E-state index contributed by atoms with van der Waals surface area (Å²) in [6.07, 6.45) is 0. The van der Waals surface area contributed by atoms with Crippen LogP contribution in [0.25, 0.3) is 22.3 Å². The van der Waals surface area contributed by atoms with Crippen LogP contribution in [-0.4, -0.2) is 0 Å². The Morgan fingerprint density at radius 3 is 1.82 bits per heavy atom. The first-order valence-corrected chi connectivity index (χ1v) is 14.1. The molecule has 0 atom stereocenters. The first-order chi connectivity index (χ1) is 18.3. The Balaban J connectivity index is 1.39. The van der Waals surface area contributed by atoms with Gasteiger partial charge in [-0.25, -0.2) is 0 Å². The average molecular weight is 557 g/mol. The van der Waals surface area contributed by atoms with E-state index in [4.69, 9.17) is 0 Å². The standard InChI is InChI=1S/C36H30BrN/c1-35(2)29-12-8-9-13-33(29)38(26-10-6-5-7-11-26)34-19-15-24(21-32(34)35)23-14-17-27-28-18-16-25(37)22-31(28)36(3,4)30(27)20-23/h5-22H,1-4H3. The molecule has 1 nitrogen and oxygen atoms in total. The van der Waals surface area contributed by atoms with E-state index in [1.807, 2.05) is 0 Å². The van der Waals surface area contributed by atoms with E-state index in [-0.39, 0.29) is 10.8 Å². The zero-order valence-corrected chi connectivity index (χ0v) is 23.8. The summed E-state index contributed by atoms with van der Waals surface area (Å²) in [6.45, 7) is 9.41. The monoisotopic (exact) mass is 555 g/mol. The number of para-hydroxylation sites is 2. The molecule has 5 aromatic rings. The van der Waals surface area contributed by atoms with Gasteiger partial charge in [0.05, 0.1) is 11.4 Å². The highest BCUT2D eigenvalue weighted by atomic mass is 79.9. The summed E-state index contributed by atoms with van der Waals surface area (Å²) in [7, 11) is 0. The molecule has 0 fully saturated rings. The molecular weight excluding hydrogens is 526 g/mol. The van der Waals surface area contributed by atoms with Crippen molar-refractivity contribution in [2.45, 2.75) is 38.5 Å². The normalized spacial score (nSPS) is 15.9. The SMILES string of the molecule is CC1(C)c2cc(Br)ccc2-c2ccc(-c3ccc4c(c3)C(C)(C)c3ccccc3N4c3ccccc3)cc21. The Morgan fingerprint density at radius 1 is 0.500 bits per heavy atom. The van der Waals surface area contributed by atoms with E-state index in [2.05, 4.69) is 158 Å². The largest absolute Gasteiger partial charge is 0.310 e. The van der Waals surface area contributed by atoms with Gasteiger partial charge in [-0.3, -0.25) is 0 Å². The molecule has 0 spiro atoms. The number of rotatable bonds is 2. The number of hydrogen-bond acceptors (Lipinski definition) is 1. The van der Waals surface area contributed by atoms with Crippen molar-refractivity contribution in [1.29, 1.82) is 0 Å². The summed E-state index contributed by atoms with van der Waals surface area (Å²) < 4.78 is 1.14. The van der Waals surface area contributed by atoms with Gasteiger partial charge in [0.15, 0.2) is 0 Å². The van der Waals surface area contributed by atoms with Crippen LogP contribution in [0.15, 0.2) is 114 Å². The van der Waals surface area contributed by atoms with E-state index in [9.17, 15) is 0 Å². The Labute approximate surface area is 233 Å². The second-order valence-corrected chi connectivity index (χ2v) is 12.5. The zero-order valence-electron chi connectivity index (χ0n) is 22.2. The van der Waals surface area contributed by atoms with Gasteiger partial charge in [0, 0.05) is 21.0 Å². The Kier molecular flexibility index (Phi) is 5.06. The van der Waals surface area contributed by atoms with E-state index in [1.54, 1.807) is 0 Å². The molecule has 0 bridgehead atoms. The van der Waals surface area contributed by atoms with Crippen molar-refractivity contribution in [3.63, 3.8) is 0 Å². The van der Waals surface area contributed by atoms with E-state index in [0.717, 1.165) is 4.47 Å². The second kappa shape index (κ2) is 8.19. The number of benzene rings is 5. The van der Waals surface area contributed by atoms with Gasteiger partial charge >= 0.3 is 0 Å². The lowest BCUT2D eigenvalue weighted by molar-refractivity contribution is 0.632. The van der Waals surface area contributed by atoms with Crippen molar-refractivity contribution >= 4 is 33.0 Å². The van der Waals surface area contributed by atoms with E-state index in [0.29, 0.717) is 0 Å². The van der Waals surface area contributed by atoms with Crippen LogP contribution in [0.5, 0.6) is 0 Å². The molecule has 186 valence electrons. The maximum atomic E-state index is 3.69. The van der Waals surface area contributed by atoms with Gasteiger partial charge in [-0.05, 0) is 93.0 Å². The van der Waals surface area contributed by atoms with Crippen molar-refractivity contribution in [2.75, 3.05) is 4.90 Å². The van der Waals surface area contributed by atoms with Gasteiger partial charge in [-0.2, -0.15) is 0 Å². The van der Waals surface area contributed by atoms with Crippen molar-refractivity contribution in [3.8, 4) is 22.3 Å². The number of nitrogens with zero attached hydrogens (tertiary/aromatic N) is 1. The molecule has 1 aliphatic heterocycles. The average Bonchev–Trinajstić information content (AvgIpc) is 3.15. The topological polar surface area (TPSA) is 3.24 Å². The summed E-state index contributed by atoms with van der Waals surface area (Å²) in [5.74, 6) is 0. The molecule has 0 N–H and O–H groups in total. The summed E-state index contributed by atoms with van der Waals surface area (Å²) in [5, 5.41) is 0. The van der Waals surface area contributed by atoms with Gasteiger partial charge < -0.3 is 4.90 Å². The lowest BCUT2D eigenvalue weighted by atomic mass is 9.72. The fourth-order valence-electron chi connectivity index (χ4n) is 6.63. The molecule has 0 unspecified atom stereocenters. The predicted molar refractivity (Wildman–Crippen MR) is 164 cm³/mol. The minimum atomic E-state index is -0.119. The molecule has 1 heterocycles. The molecule has 2 heteroatoms. The predicted octanol–water partition coefficient (Wildman–Crippen LogP) is 10.5. The van der Waals surface area contributed by atoms with Gasteiger partial charge in [-0.1, -0.05) is 104 Å². The molecular formula is C36H30BrN. The molecule has 0 radical (unpaired) electrons. The zero-order chi connectivity index (χ0) is 26.2. The number of hydrogen-bond donors (Lipinski definition) is 0. The van der Waals surface area contributed by atoms with Gasteiger partial charge in [-0.15, -0.1) is 0 Å². The molecule has 0 saturated heterocycles. The van der Waals surface area contributed by atoms with E-state index in [1.165, 1.54) is 61.6 Å². The highest BCUT2D eigenvalue weighted by Gasteiger charge is 2.38. The highest BCUT2D eigenvalue weighted by molar-refractivity contribution is 9.10. The molecule has 7 rings (SSSR count). The maximum Gasteiger partial charge on any atom is 0.0503 e. The second-order valence-electron chi connectivity index (χ2n) is 11.6. The van der Waals surface area contributed by atoms with Crippen LogP contribution < -0.4 is 4.90 Å². The third-order valence-corrected chi connectivity index (χ3v) is 9.21. The fraction of sp³-hybridized carbons (Fsp3) is 0.167. The van der Waals surface area contributed by atoms with Crippen LogP contribution in [0.4, 0.5) is 17.1 Å². The smallest absolute Gasteiger partial charge is 0.0503 e. The maximum absolute atomic E-state index is 3.69. The van der Waals surface area contributed by atoms with Crippen LogP contribution in [0.1, 0.15) is 49.9 Å². The van der Waals surface area contributed by atoms with Crippen molar-refractivity contribution < 1.29 is 0 Å². The summed E-state index contributed by atoms with van der Waals surface area (Å²) in [6, 6.07) is 40.3. The third kappa shape index (κ3) is 3.29. The number of fused-ring (bicyclic) bond motifs is 5. The Hall–Kier alpha value is -3.62. The Morgan fingerprint density at radius 2 is 1.05 bits per heavy atom. The van der Waals surface area contributed by atoms with Crippen molar-refractivity contribution in [3.05, 3.63) is 136 Å². The van der Waals surface area contributed by atoms with Gasteiger partial charge in [0.1, 0.15) is 0 Å². The third-order valence-electron chi connectivity index (χ3n) is 8.71. The number of halogens is 1. The van der Waals surface area contributed by atoms with Crippen molar-refractivity contribution in [2.24, 2.45) is 0 Å². The molecule has 5 aromatic carbocycles. The lowest BCUT2D eigenvalue weighted by Crippen LogP contribution is -2.30. The van der Waals surface area contributed by atoms with Gasteiger partial charge in [0.2, 0.25) is 0 Å². The molecule has 0 saturated carbocycles. The van der Waals surface area contributed by atoms with Crippen LogP contribution in [0.3, 0.4) is 0 Å². The molecule has 1 aliphatic carbocycles. The van der Waals surface area contributed by atoms with E-state index < -0.39 is 0 Å². The fourth-order valence-corrected chi connectivity index (χ4v) is 6.99. The minimum Gasteiger partial charge on any atom is -0.310 e. The van der Waals surface area contributed by atoms with E-state index >= 15 is 0 Å². The van der Waals surface area contributed by atoms with Crippen LogP contribution in [0.2, 0.25) is 0 Å². The van der Waals surface area contributed by atoms with Gasteiger partial charge in [0.25, 0.3) is 0 Å². The summed E-state index contributed by atoms with van der Waals surface area (Å²) in [5.41, 5.74) is 14.3. The Bertz CT molecular complexity index is 1730.